The number of nitrogens with zero attached hydrogens (tertiary/aromatic N) is 5. The highest BCUT2D eigenvalue weighted by molar-refractivity contribution is 5.85. The first kappa shape index (κ1) is 32.9. The summed E-state index contributed by atoms with van der Waals surface area (Å²) in [6.07, 6.45) is 7.48. The van der Waals surface area contributed by atoms with Crippen LogP contribution in [-0.4, -0.2) is 41.1 Å². The van der Waals surface area contributed by atoms with Crippen LogP contribution in [0.5, 0.6) is 0 Å². The van der Waals surface area contributed by atoms with Gasteiger partial charge in [0.25, 0.3) is 0 Å². The minimum atomic E-state index is 0. The first-order valence-electron chi connectivity index (χ1n) is 10.7. The zero-order valence-electron chi connectivity index (χ0n) is 20.5. The van der Waals surface area contributed by atoms with E-state index in [1.807, 2.05) is 0 Å². The monoisotopic (exact) mass is 492 g/mol. The van der Waals surface area contributed by atoms with Gasteiger partial charge in [0.05, 0.1) is 0 Å². The van der Waals surface area contributed by atoms with Crippen LogP contribution in [0.1, 0.15) is 60.9 Å². The van der Waals surface area contributed by atoms with Crippen molar-refractivity contribution in [2.75, 3.05) is 41.3 Å². The molecule has 2 aromatic rings. The molecule has 0 radical (unpaired) electrons. The number of rotatable bonds is 5. The maximum Gasteiger partial charge on any atom is 0.231 e. The van der Waals surface area contributed by atoms with Crippen LogP contribution in [0.4, 0.5) is 17.8 Å². The molecule has 0 amide bonds. The Hall–Kier alpha value is -2.24. The molecule has 1 aromatic carbocycles. The molecule has 33 heavy (non-hydrogen) atoms. The quantitative estimate of drug-likeness (QED) is 0.323. The molecule has 13 N–H and O–H groups in total. The minimum absolute atomic E-state index is 0. The number of aromatic nitrogens is 3. The Labute approximate surface area is 211 Å². The van der Waals surface area contributed by atoms with E-state index in [4.69, 9.17) is 15.0 Å². The fourth-order valence-electron chi connectivity index (χ4n) is 4.07. The van der Waals surface area contributed by atoms with Gasteiger partial charge in [-0.3, -0.25) is 0 Å². The van der Waals surface area contributed by atoms with Gasteiger partial charge < -0.3 is 39.7 Å². The molecule has 0 atom stereocenters. The van der Waals surface area contributed by atoms with E-state index in [0.29, 0.717) is 5.95 Å². The molecular formula is C22H53ClN10. The number of hydrogen-bond donors (Lipinski definition) is 5. The highest BCUT2D eigenvalue weighted by Crippen LogP contribution is 2.23. The summed E-state index contributed by atoms with van der Waals surface area (Å²) >= 11 is 0. The lowest BCUT2D eigenvalue weighted by molar-refractivity contribution is 0.556. The maximum atomic E-state index is 4.86. The number of anilines is 3. The topological polar surface area (TPSA) is 197 Å². The van der Waals surface area contributed by atoms with Gasteiger partial charge in [0, 0.05) is 38.4 Å². The van der Waals surface area contributed by atoms with E-state index in [9.17, 15) is 0 Å². The average molecular weight is 493 g/mol. The van der Waals surface area contributed by atoms with Gasteiger partial charge in [0.1, 0.15) is 0 Å². The standard InChI is InChI=1S/C22H32N6.ClH.4H3N.4H2/c1-17-9-10-18(2)19(15-17)16-23-20-24-21(27-11-5-3-6-12-27)26-22(25-20)28-13-7-4-8-14-28;;;;;;;;;/h9-10,15H,3-8,11-14,16H2,1-2H3,(H,23,24,25,26);1H;4*1H3;4*1H. The van der Waals surface area contributed by atoms with Gasteiger partial charge in [-0.15, -0.1) is 12.4 Å². The summed E-state index contributed by atoms with van der Waals surface area (Å²) in [6.45, 7) is 9.19. The normalized spacial score (nSPS) is 15.0. The maximum absolute atomic E-state index is 4.86. The predicted molar refractivity (Wildman–Crippen MR) is 151 cm³/mol. The molecule has 10 nitrogen and oxygen atoms in total. The summed E-state index contributed by atoms with van der Waals surface area (Å²) in [4.78, 5) is 19.1. The molecule has 11 heteroatoms. The molecule has 0 unspecified atom stereocenters. The Morgan fingerprint density at radius 2 is 1.24 bits per heavy atom. The third-order valence-corrected chi connectivity index (χ3v) is 5.83. The van der Waals surface area contributed by atoms with Gasteiger partial charge in [0.15, 0.2) is 0 Å². The molecular weight excluding hydrogens is 440 g/mol. The molecule has 2 aliphatic rings. The molecule has 0 aliphatic carbocycles. The molecule has 0 saturated carbocycles. The molecule has 4 rings (SSSR count). The second-order valence-electron chi connectivity index (χ2n) is 8.14. The largest absolute Gasteiger partial charge is 0.350 e. The van der Waals surface area contributed by atoms with Crippen LogP contribution in [0.3, 0.4) is 0 Å². The lowest BCUT2D eigenvalue weighted by atomic mass is 10.1. The molecule has 198 valence electrons. The highest BCUT2D eigenvalue weighted by atomic mass is 35.5. The van der Waals surface area contributed by atoms with Crippen molar-refractivity contribution in [2.24, 2.45) is 0 Å². The fraction of sp³-hybridized carbons (Fsp3) is 0.591. The fourth-order valence-corrected chi connectivity index (χ4v) is 4.07. The Morgan fingerprint density at radius 1 is 0.758 bits per heavy atom. The van der Waals surface area contributed by atoms with Crippen LogP contribution in [-0.2, 0) is 6.54 Å². The number of nitrogens with one attached hydrogen (secondary N) is 1. The molecule has 2 fully saturated rings. The third-order valence-electron chi connectivity index (χ3n) is 5.83. The summed E-state index contributed by atoms with van der Waals surface area (Å²) in [6, 6.07) is 6.57. The number of aryl methyl sites for hydroxylation is 2. The van der Waals surface area contributed by atoms with E-state index in [0.717, 1.165) is 44.6 Å². The van der Waals surface area contributed by atoms with E-state index in [1.165, 1.54) is 55.2 Å². The smallest absolute Gasteiger partial charge is 0.231 e. The van der Waals surface area contributed by atoms with Crippen molar-refractivity contribution >= 4 is 30.3 Å². The predicted octanol–water partition coefficient (Wildman–Crippen LogP) is 6.13. The summed E-state index contributed by atoms with van der Waals surface area (Å²) < 4.78 is 0. The number of hydrogen-bond acceptors (Lipinski definition) is 10. The van der Waals surface area contributed by atoms with E-state index in [-0.39, 0.29) is 42.7 Å². The van der Waals surface area contributed by atoms with Gasteiger partial charge in [-0.25, -0.2) is 0 Å². The lowest BCUT2D eigenvalue weighted by Crippen LogP contribution is -2.34. The van der Waals surface area contributed by atoms with E-state index < -0.39 is 0 Å². The summed E-state index contributed by atoms with van der Waals surface area (Å²) in [5.74, 6) is 2.36. The second-order valence-corrected chi connectivity index (χ2v) is 8.14. The van der Waals surface area contributed by atoms with Crippen LogP contribution in [0.25, 0.3) is 0 Å². The van der Waals surface area contributed by atoms with Crippen LogP contribution in [0.2, 0.25) is 0 Å². The van der Waals surface area contributed by atoms with Gasteiger partial charge in [-0.1, -0.05) is 23.8 Å². The Bertz CT molecular complexity index is 790. The minimum Gasteiger partial charge on any atom is -0.350 e. The number of halogens is 1. The van der Waals surface area contributed by atoms with Crippen LogP contribution < -0.4 is 39.7 Å². The summed E-state index contributed by atoms with van der Waals surface area (Å²) in [5, 5.41) is 3.47. The second kappa shape index (κ2) is 15.6. The summed E-state index contributed by atoms with van der Waals surface area (Å²) in [7, 11) is 0. The molecule has 1 aromatic heterocycles. The van der Waals surface area contributed by atoms with Crippen molar-refractivity contribution in [1.82, 2.24) is 39.6 Å². The van der Waals surface area contributed by atoms with Crippen molar-refractivity contribution in [3.63, 3.8) is 0 Å². The highest BCUT2D eigenvalue weighted by Gasteiger charge is 2.20. The van der Waals surface area contributed by atoms with Crippen molar-refractivity contribution in [3.05, 3.63) is 34.9 Å². The van der Waals surface area contributed by atoms with Gasteiger partial charge in [-0.2, -0.15) is 15.0 Å². The van der Waals surface area contributed by atoms with Gasteiger partial charge in [-0.05, 0) is 63.5 Å². The molecule has 3 heterocycles. The molecule has 2 aliphatic heterocycles. The van der Waals surface area contributed by atoms with Crippen molar-refractivity contribution in [3.8, 4) is 0 Å². The van der Waals surface area contributed by atoms with Gasteiger partial charge in [0.2, 0.25) is 17.8 Å². The van der Waals surface area contributed by atoms with Crippen LogP contribution in [0, 0.1) is 13.8 Å². The summed E-state index contributed by atoms with van der Waals surface area (Å²) in [5.41, 5.74) is 3.86. The van der Waals surface area contributed by atoms with Crippen molar-refractivity contribution < 1.29 is 5.71 Å². The molecule has 0 bridgehead atoms. The zero-order valence-corrected chi connectivity index (χ0v) is 21.3. The number of benzene rings is 1. The Morgan fingerprint density at radius 3 is 1.73 bits per heavy atom. The first-order chi connectivity index (χ1) is 13.7. The lowest BCUT2D eigenvalue weighted by Gasteiger charge is -2.30. The van der Waals surface area contributed by atoms with Crippen molar-refractivity contribution in [1.29, 1.82) is 0 Å². The van der Waals surface area contributed by atoms with Gasteiger partial charge >= 0.3 is 0 Å². The zero-order chi connectivity index (χ0) is 19.3. The molecule has 0 spiro atoms. The Balaban J connectivity index is -0.000000267. The van der Waals surface area contributed by atoms with Crippen molar-refractivity contribution in [2.45, 2.75) is 58.9 Å². The first-order valence-corrected chi connectivity index (χ1v) is 10.7. The van der Waals surface area contributed by atoms with E-state index in [1.54, 1.807) is 0 Å². The van der Waals surface area contributed by atoms with E-state index in [2.05, 4.69) is 47.2 Å². The number of piperidine rings is 2. The Kier molecular flexibility index (Phi) is 15.5. The third kappa shape index (κ3) is 8.56. The molecule has 2 saturated heterocycles. The SMILES string of the molecule is Cc1ccc(C)c(CNc2nc(N3CCCCC3)nc(N3CCCCC3)n2)c1.Cl.N.N.N.N.[HH].[HH].[HH].[HH]. The van der Waals surface area contributed by atoms with Crippen LogP contribution in [0.15, 0.2) is 18.2 Å². The van der Waals surface area contributed by atoms with E-state index >= 15 is 0 Å². The average Bonchev–Trinajstić information content (AvgIpc) is 2.75. The van der Waals surface area contributed by atoms with Crippen LogP contribution >= 0.6 is 12.4 Å².